The van der Waals surface area contributed by atoms with Gasteiger partial charge in [-0.1, -0.05) is 0 Å². The van der Waals surface area contributed by atoms with E-state index in [1.54, 1.807) is 4.90 Å². The number of likely N-dealkylation sites (tertiary alicyclic amines) is 2. The summed E-state index contributed by atoms with van der Waals surface area (Å²) in [4.78, 5) is 27.9. The number of β-lactam (4-membered cyclic amide) rings is 1. The SMILES string of the molecule is CC1N(CC(=O)N2CCCC2)C(=O)C12CCCN2. The second kappa shape index (κ2) is 4.23. The fourth-order valence-electron chi connectivity index (χ4n) is 3.54. The lowest BCUT2D eigenvalue weighted by Crippen LogP contribution is -2.77. The van der Waals surface area contributed by atoms with E-state index in [9.17, 15) is 9.59 Å². The normalized spacial score (nSPS) is 35.4. The summed E-state index contributed by atoms with van der Waals surface area (Å²) in [5.74, 6) is 0.237. The zero-order valence-corrected chi connectivity index (χ0v) is 10.9. The summed E-state index contributed by atoms with van der Waals surface area (Å²) in [6, 6.07) is 0.152. The second-order valence-electron chi connectivity index (χ2n) is 5.70. The van der Waals surface area contributed by atoms with Crippen molar-refractivity contribution in [2.24, 2.45) is 0 Å². The highest BCUT2D eigenvalue weighted by Crippen LogP contribution is 2.37. The molecular weight excluding hydrogens is 230 g/mol. The molecule has 2 atom stereocenters. The number of nitrogens with one attached hydrogen (secondary N) is 1. The van der Waals surface area contributed by atoms with Crippen LogP contribution in [0.4, 0.5) is 0 Å². The van der Waals surface area contributed by atoms with Crippen LogP contribution in [0.2, 0.25) is 0 Å². The minimum atomic E-state index is -0.342. The minimum Gasteiger partial charge on any atom is -0.341 e. The Hall–Kier alpha value is -1.10. The molecule has 0 aromatic heterocycles. The molecule has 1 spiro atoms. The van der Waals surface area contributed by atoms with Gasteiger partial charge in [0, 0.05) is 13.1 Å². The van der Waals surface area contributed by atoms with E-state index >= 15 is 0 Å². The molecule has 2 unspecified atom stereocenters. The van der Waals surface area contributed by atoms with Crippen molar-refractivity contribution in [3.05, 3.63) is 0 Å². The van der Waals surface area contributed by atoms with E-state index in [-0.39, 0.29) is 29.9 Å². The fourth-order valence-corrected chi connectivity index (χ4v) is 3.54. The van der Waals surface area contributed by atoms with Gasteiger partial charge >= 0.3 is 0 Å². The molecule has 0 aromatic carbocycles. The monoisotopic (exact) mass is 251 g/mol. The zero-order valence-electron chi connectivity index (χ0n) is 10.9. The van der Waals surface area contributed by atoms with Gasteiger partial charge in [0.05, 0.1) is 6.04 Å². The summed E-state index contributed by atoms with van der Waals surface area (Å²) in [6.07, 6.45) is 4.17. The van der Waals surface area contributed by atoms with E-state index in [1.807, 2.05) is 4.90 Å². The molecule has 0 aromatic rings. The molecule has 0 radical (unpaired) electrons. The van der Waals surface area contributed by atoms with E-state index in [2.05, 4.69) is 12.2 Å². The van der Waals surface area contributed by atoms with Gasteiger partial charge in [0.15, 0.2) is 0 Å². The summed E-state index contributed by atoms with van der Waals surface area (Å²) in [5, 5.41) is 3.33. The zero-order chi connectivity index (χ0) is 12.8. The highest BCUT2D eigenvalue weighted by molar-refractivity contribution is 5.97. The maximum Gasteiger partial charge on any atom is 0.245 e. The lowest BCUT2D eigenvalue weighted by Gasteiger charge is -2.53. The van der Waals surface area contributed by atoms with E-state index in [1.165, 1.54) is 0 Å². The van der Waals surface area contributed by atoms with Gasteiger partial charge in [0.25, 0.3) is 0 Å². The molecule has 3 saturated heterocycles. The Kier molecular flexibility index (Phi) is 2.81. The van der Waals surface area contributed by atoms with Crippen LogP contribution >= 0.6 is 0 Å². The van der Waals surface area contributed by atoms with Crippen LogP contribution < -0.4 is 5.32 Å². The van der Waals surface area contributed by atoms with Gasteiger partial charge in [-0.05, 0) is 39.2 Å². The molecule has 0 bridgehead atoms. The van der Waals surface area contributed by atoms with Gasteiger partial charge in [0.2, 0.25) is 11.8 Å². The van der Waals surface area contributed by atoms with Crippen LogP contribution in [0, 0.1) is 0 Å². The van der Waals surface area contributed by atoms with Crippen LogP contribution in [0.15, 0.2) is 0 Å². The van der Waals surface area contributed by atoms with E-state index < -0.39 is 0 Å². The summed E-state index contributed by atoms with van der Waals surface area (Å²) in [7, 11) is 0. The van der Waals surface area contributed by atoms with Crippen molar-refractivity contribution < 1.29 is 9.59 Å². The number of carbonyl (C=O) groups is 2. The highest BCUT2D eigenvalue weighted by Gasteiger charge is 2.59. The summed E-state index contributed by atoms with van der Waals surface area (Å²) < 4.78 is 0. The molecule has 0 aliphatic carbocycles. The third-order valence-corrected chi connectivity index (χ3v) is 4.78. The molecule has 3 aliphatic heterocycles. The molecule has 3 heterocycles. The fraction of sp³-hybridized carbons (Fsp3) is 0.846. The number of nitrogens with zero attached hydrogens (tertiary/aromatic N) is 2. The predicted octanol–water partition coefficient (Wildman–Crippen LogP) is -0.0383. The average molecular weight is 251 g/mol. The van der Waals surface area contributed by atoms with Crippen molar-refractivity contribution in [2.75, 3.05) is 26.2 Å². The van der Waals surface area contributed by atoms with Crippen molar-refractivity contribution in [1.29, 1.82) is 0 Å². The number of rotatable bonds is 2. The summed E-state index contributed by atoms with van der Waals surface area (Å²) in [5.41, 5.74) is -0.342. The molecule has 5 heteroatoms. The molecule has 1 N–H and O–H groups in total. The smallest absolute Gasteiger partial charge is 0.245 e. The molecular formula is C13H21N3O2. The number of hydrogen-bond donors (Lipinski definition) is 1. The number of carbonyl (C=O) groups excluding carboxylic acids is 2. The molecule has 5 nitrogen and oxygen atoms in total. The van der Waals surface area contributed by atoms with Crippen molar-refractivity contribution in [3.63, 3.8) is 0 Å². The first kappa shape index (κ1) is 12.0. The molecule has 0 saturated carbocycles. The summed E-state index contributed by atoms with van der Waals surface area (Å²) >= 11 is 0. The first-order chi connectivity index (χ1) is 8.65. The molecule has 2 amide bonds. The van der Waals surface area contributed by atoms with Gasteiger partial charge in [0.1, 0.15) is 12.1 Å². The third-order valence-electron chi connectivity index (χ3n) is 4.78. The standard InChI is InChI=1S/C13H21N3O2/c1-10-13(5-4-6-14-13)12(18)16(10)9-11(17)15-7-2-3-8-15/h10,14H,2-9H2,1H3. The van der Waals surface area contributed by atoms with Crippen LogP contribution in [-0.2, 0) is 9.59 Å². The van der Waals surface area contributed by atoms with Crippen LogP contribution in [0.1, 0.15) is 32.6 Å². The Morgan fingerprint density at radius 3 is 2.67 bits per heavy atom. The van der Waals surface area contributed by atoms with Gasteiger partial charge in [-0.3, -0.25) is 9.59 Å². The van der Waals surface area contributed by atoms with E-state index in [0.29, 0.717) is 0 Å². The topological polar surface area (TPSA) is 52.7 Å². The van der Waals surface area contributed by atoms with Gasteiger partial charge in [-0.15, -0.1) is 0 Å². The molecule has 3 rings (SSSR count). The van der Waals surface area contributed by atoms with E-state index in [0.717, 1.165) is 45.3 Å². The van der Waals surface area contributed by atoms with E-state index in [4.69, 9.17) is 0 Å². The number of amides is 2. The van der Waals surface area contributed by atoms with Crippen molar-refractivity contribution in [2.45, 2.75) is 44.2 Å². The maximum absolute atomic E-state index is 12.2. The third kappa shape index (κ3) is 1.56. The van der Waals surface area contributed by atoms with Gasteiger partial charge < -0.3 is 15.1 Å². The lowest BCUT2D eigenvalue weighted by atomic mass is 9.78. The Morgan fingerprint density at radius 1 is 1.39 bits per heavy atom. The van der Waals surface area contributed by atoms with Gasteiger partial charge in [-0.25, -0.2) is 0 Å². The number of hydrogen-bond acceptors (Lipinski definition) is 3. The maximum atomic E-state index is 12.2. The molecule has 3 fully saturated rings. The first-order valence-electron chi connectivity index (χ1n) is 6.99. The van der Waals surface area contributed by atoms with Crippen molar-refractivity contribution in [1.82, 2.24) is 15.1 Å². The Morgan fingerprint density at radius 2 is 2.11 bits per heavy atom. The largest absolute Gasteiger partial charge is 0.341 e. The Bertz CT molecular complexity index is 370. The Labute approximate surface area is 107 Å². The summed E-state index contributed by atoms with van der Waals surface area (Å²) in [6.45, 7) is 4.96. The van der Waals surface area contributed by atoms with Gasteiger partial charge in [-0.2, -0.15) is 0 Å². The Balaban J connectivity index is 1.61. The quantitative estimate of drug-likeness (QED) is 0.701. The van der Waals surface area contributed by atoms with Crippen LogP contribution in [0.5, 0.6) is 0 Å². The van der Waals surface area contributed by atoms with Crippen molar-refractivity contribution in [3.8, 4) is 0 Å². The highest BCUT2D eigenvalue weighted by atomic mass is 16.2. The minimum absolute atomic E-state index is 0.112. The molecule has 3 aliphatic rings. The lowest BCUT2D eigenvalue weighted by molar-refractivity contribution is -0.164. The van der Waals surface area contributed by atoms with Crippen LogP contribution in [-0.4, -0.2) is 59.4 Å². The van der Waals surface area contributed by atoms with Crippen LogP contribution in [0.25, 0.3) is 0 Å². The van der Waals surface area contributed by atoms with Crippen LogP contribution in [0.3, 0.4) is 0 Å². The first-order valence-corrected chi connectivity index (χ1v) is 6.99. The predicted molar refractivity (Wildman–Crippen MR) is 67.0 cm³/mol. The average Bonchev–Trinajstić information content (AvgIpc) is 3.05. The molecule has 18 heavy (non-hydrogen) atoms. The second-order valence-corrected chi connectivity index (χ2v) is 5.70. The molecule has 100 valence electrons. The van der Waals surface area contributed by atoms with Crippen molar-refractivity contribution >= 4 is 11.8 Å².